The summed E-state index contributed by atoms with van der Waals surface area (Å²) >= 11 is 0. The van der Waals surface area contributed by atoms with E-state index < -0.39 is 17.7 Å². The molecule has 0 bridgehead atoms. The second-order valence-electron chi connectivity index (χ2n) is 4.96. The Labute approximate surface area is 117 Å². The summed E-state index contributed by atoms with van der Waals surface area (Å²) in [4.78, 5) is 0. The van der Waals surface area contributed by atoms with Gasteiger partial charge in [0.1, 0.15) is 0 Å². The highest BCUT2D eigenvalue weighted by molar-refractivity contribution is 5.27. The lowest BCUT2D eigenvalue weighted by Gasteiger charge is -2.12. The minimum Gasteiger partial charge on any atom is -0.388 e. The first-order valence-electron chi connectivity index (χ1n) is 6.81. The maximum Gasteiger partial charge on any atom is 0.159 e. The molecule has 0 heterocycles. The summed E-state index contributed by atoms with van der Waals surface area (Å²) in [6.45, 7) is 2.10. The number of hydrogen-bond acceptors (Lipinski definition) is 1. The quantitative estimate of drug-likeness (QED) is 0.868. The third-order valence-corrected chi connectivity index (χ3v) is 3.29. The summed E-state index contributed by atoms with van der Waals surface area (Å²) < 4.78 is 26.0. The van der Waals surface area contributed by atoms with E-state index in [1.54, 1.807) is 0 Å². The van der Waals surface area contributed by atoms with E-state index in [0.717, 1.165) is 30.5 Å². The highest BCUT2D eigenvalue weighted by Crippen LogP contribution is 2.21. The highest BCUT2D eigenvalue weighted by atomic mass is 19.2. The van der Waals surface area contributed by atoms with E-state index in [9.17, 15) is 13.9 Å². The molecule has 2 aromatic rings. The highest BCUT2D eigenvalue weighted by Gasteiger charge is 2.11. The van der Waals surface area contributed by atoms with Gasteiger partial charge in [-0.1, -0.05) is 43.7 Å². The standard InChI is InChI=1S/C17H18F2O/c1-2-4-12-5-3-6-14(9-12)17(20)11-13-7-8-15(18)16(19)10-13/h3,5-10,17,20H,2,4,11H2,1H3. The Kier molecular flexibility index (Phi) is 4.85. The molecule has 0 aliphatic carbocycles. The van der Waals surface area contributed by atoms with Crippen LogP contribution in [0.5, 0.6) is 0 Å². The molecule has 0 radical (unpaired) electrons. The van der Waals surface area contributed by atoms with Gasteiger partial charge < -0.3 is 5.11 Å². The Balaban J connectivity index is 2.12. The van der Waals surface area contributed by atoms with Crippen molar-refractivity contribution in [2.24, 2.45) is 0 Å². The lowest BCUT2D eigenvalue weighted by Crippen LogP contribution is -2.03. The number of aliphatic hydroxyl groups is 1. The summed E-state index contributed by atoms with van der Waals surface area (Å²) in [6.07, 6.45) is 1.57. The zero-order chi connectivity index (χ0) is 14.5. The molecular weight excluding hydrogens is 258 g/mol. The van der Waals surface area contributed by atoms with Gasteiger partial charge in [-0.15, -0.1) is 0 Å². The summed E-state index contributed by atoms with van der Waals surface area (Å²) in [5.41, 5.74) is 2.56. The fourth-order valence-corrected chi connectivity index (χ4v) is 2.25. The van der Waals surface area contributed by atoms with E-state index in [1.165, 1.54) is 11.6 Å². The first-order valence-corrected chi connectivity index (χ1v) is 6.81. The number of aryl methyl sites for hydroxylation is 1. The number of hydrogen-bond donors (Lipinski definition) is 1. The second kappa shape index (κ2) is 6.62. The van der Waals surface area contributed by atoms with Gasteiger partial charge >= 0.3 is 0 Å². The Hall–Kier alpha value is -1.74. The molecule has 1 nitrogen and oxygen atoms in total. The van der Waals surface area contributed by atoms with Crippen LogP contribution in [0.3, 0.4) is 0 Å². The molecule has 0 aliphatic rings. The Morgan fingerprint density at radius 2 is 1.80 bits per heavy atom. The second-order valence-corrected chi connectivity index (χ2v) is 4.96. The molecule has 0 amide bonds. The summed E-state index contributed by atoms with van der Waals surface area (Å²) in [5, 5.41) is 10.2. The first kappa shape index (κ1) is 14.7. The maximum atomic E-state index is 13.1. The van der Waals surface area contributed by atoms with Crippen molar-refractivity contribution in [3.8, 4) is 0 Å². The molecule has 3 heteroatoms. The molecule has 2 rings (SSSR count). The van der Waals surface area contributed by atoms with Crippen LogP contribution in [-0.4, -0.2) is 5.11 Å². The molecule has 0 aromatic heterocycles. The van der Waals surface area contributed by atoms with Crippen LogP contribution in [0, 0.1) is 11.6 Å². The molecule has 1 atom stereocenters. The molecule has 0 spiro atoms. The summed E-state index contributed by atoms with van der Waals surface area (Å²) in [6, 6.07) is 11.5. The zero-order valence-corrected chi connectivity index (χ0v) is 11.4. The van der Waals surface area contributed by atoms with Crippen molar-refractivity contribution in [2.45, 2.75) is 32.3 Å². The average molecular weight is 276 g/mol. The van der Waals surface area contributed by atoms with Gasteiger partial charge in [0, 0.05) is 6.42 Å². The van der Waals surface area contributed by atoms with Crippen LogP contribution < -0.4 is 0 Å². The minimum atomic E-state index is -0.880. The van der Waals surface area contributed by atoms with Crippen molar-refractivity contribution in [3.63, 3.8) is 0 Å². The van der Waals surface area contributed by atoms with Crippen LogP contribution in [0.15, 0.2) is 42.5 Å². The Morgan fingerprint density at radius 1 is 1.00 bits per heavy atom. The molecule has 1 N–H and O–H groups in total. The van der Waals surface area contributed by atoms with Crippen molar-refractivity contribution in [3.05, 3.63) is 70.8 Å². The Bertz CT molecular complexity index is 581. The van der Waals surface area contributed by atoms with Crippen LogP contribution >= 0.6 is 0 Å². The molecule has 0 aliphatic heterocycles. The molecule has 0 saturated heterocycles. The molecule has 1 unspecified atom stereocenters. The number of rotatable bonds is 5. The molecule has 0 saturated carbocycles. The molecule has 2 aromatic carbocycles. The van der Waals surface area contributed by atoms with E-state index in [1.807, 2.05) is 24.3 Å². The topological polar surface area (TPSA) is 20.2 Å². The van der Waals surface area contributed by atoms with Crippen molar-refractivity contribution < 1.29 is 13.9 Å². The third kappa shape index (κ3) is 3.64. The fraction of sp³-hybridized carbons (Fsp3) is 0.294. The lowest BCUT2D eigenvalue weighted by molar-refractivity contribution is 0.178. The van der Waals surface area contributed by atoms with E-state index in [-0.39, 0.29) is 6.42 Å². The van der Waals surface area contributed by atoms with Crippen LogP contribution in [-0.2, 0) is 12.8 Å². The first-order chi connectivity index (χ1) is 9.60. The van der Waals surface area contributed by atoms with Crippen molar-refractivity contribution in [1.82, 2.24) is 0 Å². The van der Waals surface area contributed by atoms with Gasteiger partial charge in [0.05, 0.1) is 6.10 Å². The van der Waals surface area contributed by atoms with Crippen LogP contribution in [0.1, 0.15) is 36.1 Å². The van der Waals surface area contributed by atoms with E-state index >= 15 is 0 Å². The zero-order valence-electron chi connectivity index (χ0n) is 11.4. The summed E-state index contributed by atoms with van der Waals surface area (Å²) in [7, 11) is 0. The number of halogens is 2. The SMILES string of the molecule is CCCc1cccc(C(O)Cc2ccc(F)c(F)c2)c1. The molecule has 0 fully saturated rings. The van der Waals surface area contributed by atoms with Gasteiger partial charge in [0.15, 0.2) is 11.6 Å². The van der Waals surface area contributed by atoms with Crippen LogP contribution in [0.2, 0.25) is 0 Å². The maximum absolute atomic E-state index is 13.1. The van der Waals surface area contributed by atoms with Crippen molar-refractivity contribution in [2.75, 3.05) is 0 Å². The van der Waals surface area contributed by atoms with E-state index in [4.69, 9.17) is 0 Å². The molecule has 106 valence electrons. The predicted molar refractivity (Wildman–Crippen MR) is 75.5 cm³/mol. The summed E-state index contributed by atoms with van der Waals surface area (Å²) in [5.74, 6) is -1.75. The Morgan fingerprint density at radius 3 is 2.50 bits per heavy atom. The van der Waals surface area contributed by atoms with Gasteiger partial charge in [0.25, 0.3) is 0 Å². The van der Waals surface area contributed by atoms with Gasteiger partial charge in [-0.05, 0) is 35.2 Å². The van der Waals surface area contributed by atoms with Crippen LogP contribution in [0.25, 0.3) is 0 Å². The van der Waals surface area contributed by atoms with E-state index in [2.05, 4.69) is 6.92 Å². The third-order valence-electron chi connectivity index (χ3n) is 3.29. The number of benzene rings is 2. The number of aliphatic hydroxyl groups excluding tert-OH is 1. The predicted octanol–water partition coefficient (Wildman–Crippen LogP) is 4.19. The minimum absolute atomic E-state index is 0.271. The monoisotopic (exact) mass is 276 g/mol. The molecule has 20 heavy (non-hydrogen) atoms. The van der Waals surface area contributed by atoms with Crippen LogP contribution in [0.4, 0.5) is 8.78 Å². The fourth-order valence-electron chi connectivity index (χ4n) is 2.25. The normalized spacial score (nSPS) is 12.4. The van der Waals surface area contributed by atoms with Gasteiger partial charge in [-0.2, -0.15) is 0 Å². The van der Waals surface area contributed by atoms with Crippen molar-refractivity contribution in [1.29, 1.82) is 0 Å². The largest absolute Gasteiger partial charge is 0.388 e. The average Bonchev–Trinajstić information content (AvgIpc) is 2.43. The van der Waals surface area contributed by atoms with Crippen molar-refractivity contribution >= 4 is 0 Å². The van der Waals surface area contributed by atoms with Gasteiger partial charge in [0.2, 0.25) is 0 Å². The molecular formula is C17H18F2O. The lowest BCUT2D eigenvalue weighted by atomic mass is 9.98. The van der Waals surface area contributed by atoms with E-state index in [0.29, 0.717) is 5.56 Å². The smallest absolute Gasteiger partial charge is 0.159 e. The van der Waals surface area contributed by atoms with Gasteiger partial charge in [-0.25, -0.2) is 8.78 Å². The van der Waals surface area contributed by atoms with Gasteiger partial charge in [-0.3, -0.25) is 0 Å².